The molecule has 0 aliphatic rings. The van der Waals surface area contributed by atoms with Gasteiger partial charge in [0.1, 0.15) is 5.75 Å². The van der Waals surface area contributed by atoms with Crippen molar-refractivity contribution < 1.29 is 19.1 Å². The highest BCUT2D eigenvalue weighted by Gasteiger charge is 2.12. The monoisotopic (exact) mass is 342 g/mol. The first kappa shape index (κ1) is 18.5. The van der Waals surface area contributed by atoms with Gasteiger partial charge < -0.3 is 9.47 Å². The molecule has 2 aromatic carbocycles. The number of ether oxygens (including phenoxy) is 2. The largest absolute Gasteiger partial charge is 0.496 e. The molecule has 132 valence electrons. The summed E-state index contributed by atoms with van der Waals surface area (Å²) in [6.07, 6.45) is 0. The van der Waals surface area contributed by atoms with Crippen LogP contribution in [0.4, 0.5) is 0 Å². The van der Waals surface area contributed by atoms with Crippen molar-refractivity contribution in [1.29, 1.82) is 0 Å². The molecule has 0 aliphatic heterocycles. The Kier molecular flexibility index (Phi) is 6.54. The Morgan fingerprint density at radius 2 is 1.56 bits per heavy atom. The molecule has 0 bridgehead atoms. The standard InChI is InChI=1S/C19H22N2O4/c1-4-25-12-16-11-15(9-10-17(16)24-3)19(23)21-20-18(22)14-7-5-13(2)6-8-14/h5-11H,4,12H2,1-3H3,(H,20,22)(H,21,23). The smallest absolute Gasteiger partial charge is 0.269 e. The van der Waals surface area contributed by atoms with Gasteiger partial charge in [0, 0.05) is 23.3 Å². The minimum absolute atomic E-state index is 0.344. The number of hydrazine groups is 1. The Balaban J connectivity index is 2.02. The number of carbonyl (C=O) groups is 2. The van der Waals surface area contributed by atoms with Crippen molar-refractivity contribution in [2.45, 2.75) is 20.5 Å². The Labute approximate surface area is 147 Å². The zero-order chi connectivity index (χ0) is 18.2. The van der Waals surface area contributed by atoms with Crippen LogP contribution >= 0.6 is 0 Å². The molecule has 2 amide bonds. The first-order chi connectivity index (χ1) is 12.0. The lowest BCUT2D eigenvalue weighted by atomic mass is 10.1. The minimum atomic E-state index is -0.416. The molecule has 0 heterocycles. The summed E-state index contributed by atoms with van der Waals surface area (Å²) in [6, 6.07) is 12.1. The fourth-order valence-corrected chi connectivity index (χ4v) is 2.21. The molecule has 0 unspecified atom stereocenters. The van der Waals surface area contributed by atoms with Gasteiger partial charge in [0.15, 0.2) is 0 Å². The van der Waals surface area contributed by atoms with Crippen LogP contribution in [0.15, 0.2) is 42.5 Å². The second-order valence-corrected chi connectivity index (χ2v) is 5.44. The van der Waals surface area contributed by atoms with Gasteiger partial charge in [-0.1, -0.05) is 17.7 Å². The highest BCUT2D eigenvalue weighted by atomic mass is 16.5. The third-order valence-electron chi connectivity index (χ3n) is 3.61. The van der Waals surface area contributed by atoms with Gasteiger partial charge in [0.05, 0.1) is 13.7 Å². The number of methoxy groups -OCH3 is 1. The Hall–Kier alpha value is -2.86. The van der Waals surface area contributed by atoms with Crippen molar-refractivity contribution in [3.8, 4) is 5.75 Å². The summed E-state index contributed by atoms with van der Waals surface area (Å²) in [4.78, 5) is 24.3. The maximum atomic E-state index is 12.3. The molecule has 0 aliphatic carbocycles. The lowest BCUT2D eigenvalue weighted by Crippen LogP contribution is -2.41. The molecule has 0 radical (unpaired) electrons. The molecule has 25 heavy (non-hydrogen) atoms. The number of rotatable bonds is 6. The Morgan fingerprint density at radius 1 is 0.960 bits per heavy atom. The zero-order valence-corrected chi connectivity index (χ0v) is 14.6. The van der Waals surface area contributed by atoms with Crippen molar-refractivity contribution >= 4 is 11.8 Å². The number of benzene rings is 2. The van der Waals surface area contributed by atoms with E-state index in [1.165, 1.54) is 0 Å². The van der Waals surface area contributed by atoms with Crippen molar-refractivity contribution in [3.63, 3.8) is 0 Å². The topological polar surface area (TPSA) is 76.7 Å². The van der Waals surface area contributed by atoms with Crippen molar-refractivity contribution in [1.82, 2.24) is 10.9 Å². The Bertz CT molecular complexity index is 742. The molecule has 2 aromatic rings. The molecule has 6 nitrogen and oxygen atoms in total. The molecule has 0 fully saturated rings. The molecule has 2 rings (SSSR count). The van der Waals surface area contributed by atoms with Crippen LogP contribution in [0.2, 0.25) is 0 Å². The maximum absolute atomic E-state index is 12.3. The lowest BCUT2D eigenvalue weighted by Gasteiger charge is -2.12. The van der Waals surface area contributed by atoms with Crippen LogP contribution in [0.3, 0.4) is 0 Å². The second-order valence-electron chi connectivity index (χ2n) is 5.44. The molecule has 0 aromatic heterocycles. The third-order valence-corrected chi connectivity index (χ3v) is 3.61. The number of hydrogen-bond acceptors (Lipinski definition) is 4. The first-order valence-corrected chi connectivity index (χ1v) is 7.97. The normalized spacial score (nSPS) is 10.2. The summed E-state index contributed by atoms with van der Waals surface area (Å²) >= 11 is 0. The second kappa shape index (κ2) is 8.84. The van der Waals surface area contributed by atoms with E-state index in [0.29, 0.717) is 30.1 Å². The van der Waals surface area contributed by atoms with E-state index in [0.717, 1.165) is 11.1 Å². The molecule has 0 spiro atoms. The molecule has 0 saturated carbocycles. The molecular formula is C19H22N2O4. The van der Waals surface area contributed by atoms with Crippen LogP contribution in [0, 0.1) is 6.92 Å². The fraction of sp³-hybridized carbons (Fsp3) is 0.263. The van der Waals surface area contributed by atoms with Crippen LogP contribution < -0.4 is 15.6 Å². The first-order valence-electron chi connectivity index (χ1n) is 7.97. The average molecular weight is 342 g/mol. The molecule has 2 N–H and O–H groups in total. The number of amides is 2. The maximum Gasteiger partial charge on any atom is 0.269 e. The molecule has 0 saturated heterocycles. The molecule has 6 heteroatoms. The number of nitrogens with one attached hydrogen (secondary N) is 2. The fourth-order valence-electron chi connectivity index (χ4n) is 2.21. The van der Waals surface area contributed by atoms with Crippen molar-refractivity contribution in [2.75, 3.05) is 13.7 Å². The summed E-state index contributed by atoms with van der Waals surface area (Å²) in [5.74, 6) is -0.147. The molecule has 0 atom stereocenters. The van der Waals surface area contributed by atoms with E-state index in [9.17, 15) is 9.59 Å². The van der Waals surface area contributed by atoms with Crippen LogP contribution in [0.1, 0.15) is 38.8 Å². The van der Waals surface area contributed by atoms with E-state index in [-0.39, 0.29) is 5.91 Å². The average Bonchev–Trinajstić information content (AvgIpc) is 2.64. The van der Waals surface area contributed by atoms with Gasteiger partial charge in [-0.25, -0.2) is 0 Å². The van der Waals surface area contributed by atoms with Gasteiger partial charge in [-0.2, -0.15) is 0 Å². The van der Waals surface area contributed by atoms with Gasteiger partial charge in [-0.3, -0.25) is 20.4 Å². The third kappa shape index (κ3) is 5.06. The summed E-state index contributed by atoms with van der Waals surface area (Å²) in [6.45, 7) is 4.74. The van der Waals surface area contributed by atoms with E-state index in [1.807, 2.05) is 26.0 Å². The SMILES string of the molecule is CCOCc1cc(C(=O)NNC(=O)c2ccc(C)cc2)ccc1OC. The summed E-state index contributed by atoms with van der Waals surface area (Å²) in [7, 11) is 1.56. The zero-order valence-electron chi connectivity index (χ0n) is 14.6. The van der Waals surface area contributed by atoms with Gasteiger partial charge in [-0.15, -0.1) is 0 Å². The lowest BCUT2D eigenvalue weighted by molar-refractivity contribution is 0.0846. The number of hydrogen-bond donors (Lipinski definition) is 2. The highest BCUT2D eigenvalue weighted by molar-refractivity contribution is 5.99. The number of carbonyl (C=O) groups excluding carboxylic acids is 2. The summed E-state index contributed by atoms with van der Waals surface area (Å²) in [5.41, 5.74) is 7.51. The van der Waals surface area contributed by atoms with Crippen molar-refractivity contribution in [2.24, 2.45) is 0 Å². The van der Waals surface area contributed by atoms with E-state index < -0.39 is 5.91 Å². The number of aryl methyl sites for hydroxylation is 1. The molecular weight excluding hydrogens is 320 g/mol. The predicted molar refractivity (Wildman–Crippen MR) is 94.4 cm³/mol. The van der Waals surface area contributed by atoms with E-state index in [2.05, 4.69) is 10.9 Å². The van der Waals surface area contributed by atoms with Crippen LogP contribution in [0.25, 0.3) is 0 Å². The van der Waals surface area contributed by atoms with E-state index in [4.69, 9.17) is 9.47 Å². The van der Waals surface area contributed by atoms with Crippen molar-refractivity contribution in [3.05, 3.63) is 64.7 Å². The van der Waals surface area contributed by atoms with Gasteiger partial charge in [0.25, 0.3) is 11.8 Å². The quantitative estimate of drug-likeness (QED) is 0.791. The highest BCUT2D eigenvalue weighted by Crippen LogP contribution is 2.20. The van der Waals surface area contributed by atoms with Crippen LogP contribution in [-0.2, 0) is 11.3 Å². The Morgan fingerprint density at radius 3 is 2.16 bits per heavy atom. The van der Waals surface area contributed by atoms with Gasteiger partial charge in [-0.05, 0) is 44.2 Å². The van der Waals surface area contributed by atoms with Gasteiger partial charge in [0.2, 0.25) is 0 Å². The minimum Gasteiger partial charge on any atom is -0.496 e. The van der Waals surface area contributed by atoms with Crippen LogP contribution in [-0.4, -0.2) is 25.5 Å². The predicted octanol–water partition coefficient (Wildman–Crippen LogP) is 2.61. The van der Waals surface area contributed by atoms with Gasteiger partial charge >= 0.3 is 0 Å². The van der Waals surface area contributed by atoms with E-state index >= 15 is 0 Å². The van der Waals surface area contributed by atoms with Crippen LogP contribution in [0.5, 0.6) is 5.75 Å². The summed E-state index contributed by atoms with van der Waals surface area (Å²) < 4.78 is 10.6. The van der Waals surface area contributed by atoms with E-state index in [1.54, 1.807) is 37.4 Å². The summed E-state index contributed by atoms with van der Waals surface area (Å²) in [5, 5.41) is 0.